The molecule has 0 radical (unpaired) electrons. The van der Waals surface area contributed by atoms with Crippen molar-refractivity contribution >= 4 is 11.7 Å². The van der Waals surface area contributed by atoms with E-state index in [4.69, 9.17) is 10.5 Å². The highest BCUT2D eigenvalue weighted by molar-refractivity contribution is 5.94. The minimum Gasteiger partial charge on any atom is -0.436 e. The van der Waals surface area contributed by atoms with Crippen molar-refractivity contribution in [3.05, 3.63) is 35.5 Å². The predicted octanol–water partition coefficient (Wildman–Crippen LogP) is 0.899. The molecule has 0 saturated carbocycles. The molecule has 1 aromatic heterocycles. The third-order valence-corrected chi connectivity index (χ3v) is 2.22. The number of H-pyrrole nitrogens is 1. The van der Waals surface area contributed by atoms with Crippen LogP contribution in [0, 0.1) is 0 Å². The van der Waals surface area contributed by atoms with E-state index in [2.05, 4.69) is 15.4 Å². The molecule has 0 unspecified atom stereocenters. The van der Waals surface area contributed by atoms with Crippen molar-refractivity contribution in [3.8, 4) is 11.6 Å². The number of aromatic amines is 1. The Morgan fingerprint density at radius 1 is 1.28 bits per heavy atom. The van der Waals surface area contributed by atoms with E-state index >= 15 is 0 Å². The summed E-state index contributed by atoms with van der Waals surface area (Å²) < 4.78 is 5.37. The molecule has 1 heterocycles. The minimum absolute atomic E-state index is 0.0920. The second-order valence-electron chi connectivity index (χ2n) is 3.54. The van der Waals surface area contributed by atoms with Crippen molar-refractivity contribution in [2.45, 2.75) is 6.92 Å². The SMILES string of the molecule is CC(=O)c1[nH]nnc1Oc1ccc(C(N)=O)cc1. The molecule has 0 spiro atoms. The topological polar surface area (TPSA) is 111 Å². The van der Waals surface area contributed by atoms with Crippen molar-refractivity contribution in [3.63, 3.8) is 0 Å². The molecule has 0 aliphatic heterocycles. The van der Waals surface area contributed by atoms with Crippen LogP contribution >= 0.6 is 0 Å². The van der Waals surface area contributed by atoms with Gasteiger partial charge in [0.15, 0.2) is 11.5 Å². The van der Waals surface area contributed by atoms with Crippen molar-refractivity contribution in [2.75, 3.05) is 0 Å². The number of carbonyl (C=O) groups excluding carboxylic acids is 2. The molecule has 3 N–H and O–H groups in total. The predicted molar refractivity (Wildman–Crippen MR) is 61.4 cm³/mol. The molecule has 2 rings (SSSR count). The van der Waals surface area contributed by atoms with Gasteiger partial charge < -0.3 is 10.5 Å². The van der Waals surface area contributed by atoms with E-state index < -0.39 is 5.91 Å². The standard InChI is InChI=1S/C11H10N4O3/c1-6(16)9-11(14-15-13-9)18-8-4-2-7(3-5-8)10(12)17/h2-5H,1H3,(H2,12,17)(H,13,14,15). The van der Waals surface area contributed by atoms with Gasteiger partial charge in [-0.2, -0.15) is 0 Å². The van der Waals surface area contributed by atoms with E-state index in [1.54, 1.807) is 12.1 Å². The molecule has 1 amide bonds. The summed E-state index contributed by atoms with van der Waals surface area (Å²) in [6.07, 6.45) is 0. The van der Waals surface area contributed by atoms with Gasteiger partial charge in [-0.3, -0.25) is 14.7 Å². The Morgan fingerprint density at radius 2 is 1.94 bits per heavy atom. The first-order valence-electron chi connectivity index (χ1n) is 5.07. The molecule has 0 bridgehead atoms. The first-order valence-corrected chi connectivity index (χ1v) is 5.07. The fraction of sp³-hybridized carbons (Fsp3) is 0.0909. The normalized spacial score (nSPS) is 10.1. The van der Waals surface area contributed by atoms with Gasteiger partial charge in [-0.15, -0.1) is 0 Å². The number of amides is 1. The number of nitrogens with one attached hydrogen (secondary N) is 1. The molecular formula is C11H10N4O3. The van der Waals surface area contributed by atoms with E-state index in [0.29, 0.717) is 11.3 Å². The summed E-state index contributed by atoms with van der Waals surface area (Å²) in [5.41, 5.74) is 5.67. The van der Waals surface area contributed by atoms with Crippen LogP contribution < -0.4 is 10.5 Å². The van der Waals surface area contributed by atoms with Gasteiger partial charge in [0.2, 0.25) is 5.91 Å². The number of primary amides is 1. The van der Waals surface area contributed by atoms with Gasteiger partial charge in [-0.05, 0) is 24.3 Å². The smallest absolute Gasteiger partial charge is 0.269 e. The molecule has 2 aromatic rings. The third kappa shape index (κ3) is 2.34. The van der Waals surface area contributed by atoms with Crippen LogP contribution in [-0.4, -0.2) is 27.1 Å². The molecule has 0 saturated heterocycles. The van der Waals surface area contributed by atoms with Crippen LogP contribution in [-0.2, 0) is 0 Å². The number of nitrogens with two attached hydrogens (primary N) is 1. The maximum atomic E-state index is 11.2. The van der Waals surface area contributed by atoms with Gasteiger partial charge in [0.05, 0.1) is 0 Å². The summed E-state index contributed by atoms with van der Waals surface area (Å²) in [7, 11) is 0. The lowest BCUT2D eigenvalue weighted by Crippen LogP contribution is -2.10. The Balaban J connectivity index is 2.21. The summed E-state index contributed by atoms with van der Waals surface area (Å²) >= 11 is 0. The molecule has 0 fully saturated rings. The van der Waals surface area contributed by atoms with Crippen LogP contribution in [0.2, 0.25) is 0 Å². The Kier molecular flexibility index (Phi) is 3.05. The average molecular weight is 246 g/mol. The molecule has 18 heavy (non-hydrogen) atoms. The van der Waals surface area contributed by atoms with Crippen LogP contribution in [0.3, 0.4) is 0 Å². The van der Waals surface area contributed by atoms with Gasteiger partial charge in [-0.1, -0.05) is 10.3 Å². The van der Waals surface area contributed by atoms with Crippen LogP contribution in [0.1, 0.15) is 27.8 Å². The van der Waals surface area contributed by atoms with Gasteiger partial charge >= 0.3 is 0 Å². The summed E-state index contributed by atoms with van der Waals surface area (Å²) in [6, 6.07) is 6.15. The van der Waals surface area contributed by atoms with E-state index in [0.717, 1.165) is 0 Å². The lowest BCUT2D eigenvalue weighted by molar-refractivity contribution is 0.0994. The highest BCUT2D eigenvalue weighted by Crippen LogP contribution is 2.21. The number of rotatable bonds is 4. The van der Waals surface area contributed by atoms with Crippen LogP contribution in [0.4, 0.5) is 0 Å². The quantitative estimate of drug-likeness (QED) is 0.778. The maximum Gasteiger partial charge on any atom is 0.269 e. The van der Waals surface area contributed by atoms with Crippen LogP contribution in [0.15, 0.2) is 24.3 Å². The maximum absolute atomic E-state index is 11.2. The second kappa shape index (κ2) is 4.66. The number of aromatic nitrogens is 3. The van der Waals surface area contributed by atoms with Crippen molar-refractivity contribution in [2.24, 2.45) is 5.73 Å². The number of nitrogens with zero attached hydrogens (tertiary/aromatic N) is 2. The molecule has 7 heteroatoms. The third-order valence-electron chi connectivity index (χ3n) is 2.22. The zero-order valence-corrected chi connectivity index (χ0v) is 9.51. The Bertz CT molecular complexity index is 589. The molecule has 92 valence electrons. The van der Waals surface area contributed by atoms with E-state index in [9.17, 15) is 9.59 Å². The minimum atomic E-state index is -0.521. The number of hydrogen-bond acceptors (Lipinski definition) is 5. The number of ether oxygens (including phenoxy) is 1. The Morgan fingerprint density at radius 3 is 2.50 bits per heavy atom. The summed E-state index contributed by atoms with van der Waals surface area (Å²) in [5.74, 6) is -0.234. The average Bonchev–Trinajstić information content (AvgIpc) is 2.78. The lowest BCUT2D eigenvalue weighted by atomic mass is 10.2. The first kappa shape index (κ1) is 11.8. The van der Waals surface area contributed by atoms with Crippen molar-refractivity contribution < 1.29 is 14.3 Å². The number of ketones is 1. The summed E-state index contributed by atoms with van der Waals surface area (Å²) in [4.78, 5) is 22.1. The first-order chi connectivity index (χ1) is 8.58. The molecule has 1 aromatic carbocycles. The fourth-order valence-corrected chi connectivity index (χ4v) is 1.32. The Hall–Kier alpha value is -2.70. The molecule has 0 atom stereocenters. The van der Waals surface area contributed by atoms with Gasteiger partial charge in [0.25, 0.3) is 5.88 Å². The molecule has 0 aliphatic rings. The zero-order valence-electron chi connectivity index (χ0n) is 9.51. The van der Waals surface area contributed by atoms with E-state index in [1.807, 2.05) is 0 Å². The van der Waals surface area contributed by atoms with Crippen molar-refractivity contribution in [1.82, 2.24) is 15.4 Å². The molecule has 0 aliphatic carbocycles. The monoisotopic (exact) mass is 246 g/mol. The van der Waals surface area contributed by atoms with E-state index in [1.165, 1.54) is 19.1 Å². The second-order valence-corrected chi connectivity index (χ2v) is 3.54. The Labute approximate surface area is 102 Å². The number of carbonyl (C=O) groups is 2. The highest BCUT2D eigenvalue weighted by atomic mass is 16.5. The van der Waals surface area contributed by atoms with Crippen molar-refractivity contribution in [1.29, 1.82) is 0 Å². The van der Waals surface area contributed by atoms with Crippen LogP contribution in [0.25, 0.3) is 0 Å². The van der Waals surface area contributed by atoms with Gasteiger partial charge in [-0.25, -0.2) is 0 Å². The largest absolute Gasteiger partial charge is 0.436 e. The van der Waals surface area contributed by atoms with E-state index in [-0.39, 0.29) is 17.4 Å². The number of Topliss-reactive ketones (excluding diaryl/α,β-unsaturated/α-hetero) is 1. The van der Waals surface area contributed by atoms with Gasteiger partial charge in [0.1, 0.15) is 5.75 Å². The zero-order chi connectivity index (χ0) is 13.1. The highest BCUT2D eigenvalue weighted by Gasteiger charge is 2.13. The fourth-order valence-electron chi connectivity index (χ4n) is 1.32. The summed E-state index contributed by atoms with van der Waals surface area (Å²) in [5, 5.41) is 9.59. The molecular weight excluding hydrogens is 236 g/mol. The van der Waals surface area contributed by atoms with Gasteiger partial charge in [0, 0.05) is 12.5 Å². The number of benzene rings is 1. The lowest BCUT2D eigenvalue weighted by Gasteiger charge is -2.03. The number of hydrogen-bond donors (Lipinski definition) is 2. The summed E-state index contributed by atoms with van der Waals surface area (Å²) in [6.45, 7) is 1.37. The molecule has 7 nitrogen and oxygen atoms in total. The van der Waals surface area contributed by atoms with Crippen LogP contribution in [0.5, 0.6) is 11.6 Å².